The Morgan fingerprint density at radius 2 is 1.74 bits per heavy atom. The van der Waals surface area contributed by atoms with Crippen molar-refractivity contribution < 1.29 is 13.5 Å². The maximum Gasteiger partial charge on any atom is 0.229 e. The molecule has 19 heavy (non-hydrogen) atoms. The van der Waals surface area contributed by atoms with Gasteiger partial charge in [-0.3, -0.25) is 4.72 Å². The van der Waals surface area contributed by atoms with Gasteiger partial charge in [0.25, 0.3) is 0 Å². The molecule has 1 rings (SSSR count). The highest BCUT2D eigenvalue weighted by Gasteiger charge is 2.08. The molecular formula is C12H21ClN2O3S. The summed E-state index contributed by atoms with van der Waals surface area (Å²) in [5.41, 5.74) is 1.24. The zero-order valence-electron chi connectivity index (χ0n) is 11.3. The molecule has 0 radical (unpaired) electrons. The van der Waals surface area contributed by atoms with Crippen molar-refractivity contribution in [3.8, 4) is 0 Å². The Bertz CT molecular complexity index is 474. The molecule has 0 fully saturated rings. The average molecular weight is 309 g/mol. The second kappa shape index (κ2) is 7.69. The lowest BCUT2D eigenvalue weighted by molar-refractivity contribution is 0.171. The number of hydrogen-bond acceptors (Lipinski definition) is 4. The van der Waals surface area contributed by atoms with E-state index in [4.69, 9.17) is 0 Å². The van der Waals surface area contributed by atoms with E-state index in [9.17, 15) is 13.5 Å². The van der Waals surface area contributed by atoms with Crippen molar-refractivity contribution in [3.63, 3.8) is 0 Å². The number of aliphatic hydroxyl groups excluding tert-OH is 1. The van der Waals surface area contributed by atoms with E-state index >= 15 is 0 Å². The van der Waals surface area contributed by atoms with Crippen LogP contribution >= 0.6 is 12.4 Å². The van der Waals surface area contributed by atoms with Gasteiger partial charge in [-0.25, -0.2) is 8.42 Å². The van der Waals surface area contributed by atoms with E-state index in [0.717, 1.165) is 11.8 Å². The number of sulfonamides is 1. The van der Waals surface area contributed by atoms with Gasteiger partial charge in [0.1, 0.15) is 0 Å². The van der Waals surface area contributed by atoms with Crippen molar-refractivity contribution in [1.29, 1.82) is 0 Å². The molecule has 0 unspecified atom stereocenters. The first-order valence-electron chi connectivity index (χ1n) is 5.77. The molecule has 3 N–H and O–H groups in total. The quantitative estimate of drug-likeness (QED) is 0.744. The van der Waals surface area contributed by atoms with Gasteiger partial charge in [0, 0.05) is 18.3 Å². The third-order valence-electron chi connectivity index (χ3n) is 2.32. The third kappa shape index (κ3) is 7.37. The molecule has 0 amide bonds. The summed E-state index contributed by atoms with van der Waals surface area (Å²) in [6, 6.07) is 7.00. The largest absolute Gasteiger partial charge is 0.387 e. The number of aliphatic hydroxyl groups is 1. The number of benzene rings is 1. The molecular weight excluding hydrogens is 288 g/mol. The summed E-state index contributed by atoms with van der Waals surface area (Å²) in [5.74, 6) is 0. The Kier molecular flexibility index (Phi) is 7.36. The van der Waals surface area contributed by atoms with E-state index in [0.29, 0.717) is 18.3 Å². The zero-order chi connectivity index (χ0) is 13.8. The molecule has 0 aliphatic rings. The Morgan fingerprint density at radius 3 is 2.16 bits per heavy atom. The topological polar surface area (TPSA) is 78.4 Å². The molecule has 110 valence electrons. The van der Waals surface area contributed by atoms with Gasteiger partial charge in [0.2, 0.25) is 10.0 Å². The molecule has 0 saturated carbocycles. The molecule has 0 aliphatic carbocycles. The summed E-state index contributed by atoms with van der Waals surface area (Å²) in [4.78, 5) is 0. The van der Waals surface area contributed by atoms with Gasteiger partial charge in [-0.15, -0.1) is 12.4 Å². The van der Waals surface area contributed by atoms with Crippen LogP contribution in [0.5, 0.6) is 0 Å². The molecule has 7 heteroatoms. The summed E-state index contributed by atoms with van der Waals surface area (Å²) in [5, 5.41) is 13.0. The Labute approximate surface area is 120 Å². The molecule has 0 bridgehead atoms. The highest BCUT2D eigenvalue weighted by molar-refractivity contribution is 7.92. The fraction of sp³-hybridized carbons (Fsp3) is 0.500. The molecule has 1 atom stereocenters. The van der Waals surface area contributed by atoms with Crippen molar-refractivity contribution in [2.45, 2.75) is 26.0 Å². The summed E-state index contributed by atoms with van der Waals surface area (Å²) in [6.07, 6.45) is 0.502. The maximum atomic E-state index is 11.0. The second-order valence-electron chi connectivity index (χ2n) is 4.57. The van der Waals surface area contributed by atoms with E-state index in [1.165, 1.54) is 0 Å². The van der Waals surface area contributed by atoms with Crippen molar-refractivity contribution >= 4 is 28.1 Å². The normalized spacial score (nSPS) is 12.9. The van der Waals surface area contributed by atoms with Crippen LogP contribution in [-0.2, 0) is 10.0 Å². The third-order valence-corrected chi connectivity index (χ3v) is 2.92. The molecule has 1 aromatic carbocycles. The van der Waals surface area contributed by atoms with Crippen LogP contribution in [0.25, 0.3) is 0 Å². The number of anilines is 1. The second-order valence-corrected chi connectivity index (χ2v) is 6.32. The first-order chi connectivity index (χ1) is 8.28. The van der Waals surface area contributed by atoms with E-state index < -0.39 is 16.1 Å². The van der Waals surface area contributed by atoms with Gasteiger partial charge >= 0.3 is 0 Å². The number of halogens is 1. The first-order valence-corrected chi connectivity index (χ1v) is 7.66. The standard InChI is InChI=1S/C12H20N2O3S.ClH/c1-9(2)13-8-12(15)10-4-6-11(7-5-10)14-18(3,16)17;/h4-7,9,12-15H,8H2,1-3H3;1H/t12-;/m0./s1. The summed E-state index contributed by atoms with van der Waals surface area (Å²) in [6.45, 7) is 4.48. The van der Waals surface area contributed by atoms with Crippen LogP contribution in [-0.4, -0.2) is 32.4 Å². The molecule has 0 saturated heterocycles. The monoisotopic (exact) mass is 308 g/mol. The van der Waals surface area contributed by atoms with Crippen LogP contribution in [0.3, 0.4) is 0 Å². The Hall–Kier alpha value is -0.820. The Balaban J connectivity index is 0.00000324. The lowest BCUT2D eigenvalue weighted by Crippen LogP contribution is -2.27. The van der Waals surface area contributed by atoms with Gasteiger partial charge in [-0.05, 0) is 17.7 Å². The number of hydrogen-bond donors (Lipinski definition) is 3. The van der Waals surface area contributed by atoms with Crippen LogP contribution in [0.1, 0.15) is 25.5 Å². The molecule has 5 nitrogen and oxygen atoms in total. The van der Waals surface area contributed by atoms with Crippen molar-refractivity contribution in [1.82, 2.24) is 5.32 Å². The van der Waals surface area contributed by atoms with Crippen LogP contribution in [0.2, 0.25) is 0 Å². The van der Waals surface area contributed by atoms with Gasteiger partial charge in [0.05, 0.1) is 12.4 Å². The average Bonchev–Trinajstić information content (AvgIpc) is 2.24. The fourth-order valence-corrected chi connectivity index (χ4v) is 2.02. The lowest BCUT2D eigenvalue weighted by atomic mass is 10.1. The predicted octanol–water partition coefficient (Wildman–Crippen LogP) is 1.51. The smallest absolute Gasteiger partial charge is 0.229 e. The van der Waals surface area contributed by atoms with Gasteiger partial charge < -0.3 is 10.4 Å². The lowest BCUT2D eigenvalue weighted by Gasteiger charge is -2.14. The summed E-state index contributed by atoms with van der Waals surface area (Å²) < 4.78 is 24.4. The van der Waals surface area contributed by atoms with Gasteiger partial charge in [-0.1, -0.05) is 26.0 Å². The van der Waals surface area contributed by atoms with Crippen LogP contribution in [0.4, 0.5) is 5.69 Å². The van der Waals surface area contributed by atoms with Crippen molar-refractivity contribution in [2.75, 3.05) is 17.5 Å². The molecule has 0 aromatic heterocycles. The molecule has 0 aliphatic heterocycles. The highest BCUT2D eigenvalue weighted by atomic mass is 35.5. The SMILES string of the molecule is CC(C)NC[C@H](O)c1ccc(NS(C)(=O)=O)cc1.Cl. The summed E-state index contributed by atoms with van der Waals surface area (Å²) in [7, 11) is -3.26. The minimum Gasteiger partial charge on any atom is -0.387 e. The van der Waals surface area contributed by atoms with E-state index in [-0.39, 0.29) is 12.4 Å². The van der Waals surface area contributed by atoms with Crippen LogP contribution in [0.15, 0.2) is 24.3 Å². The molecule has 1 aromatic rings. The van der Waals surface area contributed by atoms with Crippen molar-refractivity contribution in [2.24, 2.45) is 0 Å². The Morgan fingerprint density at radius 1 is 1.21 bits per heavy atom. The molecule has 0 heterocycles. The highest BCUT2D eigenvalue weighted by Crippen LogP contribution is 2.16. The van der Waals surface area contributed by atoms with Crippen LogP contribution in [0, 0.1) is 0 Å². The first kappa shape index (κ1) is 18.2. The van der Waals surface area contributed by atoms with E-state index in [1.807, 2.05) is 13.8 Å². The maximum absolute atomic E-state index is 11.0. The van der Waals surface area contributed by atoms with Gasteiger partial charge in [-0.2, -0.15) is 0 Å². The number of rotatable bonds is 6. The van der Waals surface area contributed by atoms with Crippen molar-refractivity contribution in [3.05, 3.63) is 29.8 Å². The minimum atomic E-state index is -3.26. The fourth-order valence-electron chi connectivity index (χ4n) is 1.45. The van der Waals surface area contributed by atoms with E-state index in [2.05, 4.69) is 10.0 Å². The zero-order valence-corrected chi connectivity index (χ0v) is 12.9. The van der Waals surface area contributed by atoms with Gasteiger partial charge in [0.15, 0.2) is 0 Å². The van der Waals surface area contributed by atoms with Crippen LogP contribution < -0.4 is 10.0 Å². The predicted molar refractivity (Wildman–Crippen MR) is 80.3 cm³/mol. The number of nitrogens with one attached hydrogen (secondary N) is 2. The van der Waals surface area contributed by atoms with E-state index in [1.54, 1.807) is 24.3 Å². The summed E-state index contributed by atoms with van der Waals surface area (Å²) >= 11 is 0. The molecule has 0 spiro atoms. The minimum absolute atomic E-state index is 0.